The van der Waals surface area contributed by atoms with Gasteiger partial charge in [0.05, 0.1) is 11.5 Å². The van der Waals surface area contributed by atoms with Crippen molar-refractivity contribution in [2.45, 2.75) is 47.1 Å². The molecular weight excluding hydrogens is 252 g/mol. The van der Waals surface area contributed by atoms with E-state index in [0.717, 1.165) is 36.6 Å². The van der Waals surface area contributed by atoms with Gasteiger partial charge in [0, 0.05) is 12.1 Å². The molecule has 4 nitrogen and oxygen atoms in total. The van der Waals surface area contributed by atoms with Crippen LogP contribution in [-0.2, 0) is 4.79 Å². The first-order chi connectivity index (χ1) is 9.36. The number of carbonyl (C=O) groups is 1. The fourth-order valence-electron chi connectivity index (χ4n) is 3.16. The van der Waals surface area contributed by atoms with E-state index in [4.69, 9.17) is 4.42 Å². The first kappa shape index (κ1) is 15.1. The van der Waals surface area contributed by atoms with Gasteiger partial charge in [0.2, 0.25) is 5.91 Å². The summed E-state index contributed by atoms with van der Waals surface area (Å²) in [5.74, 6) is 2.26. The lowest BCUT2D eigenvalue weighted by molar-refractivity contribution is -0.133. The van der Waals surface area contributed by atoms with Crippen LogP contribution in [0.25, 0.3) is 0 Å². The Labute approximate surface area is 121 Å². The Morgan fingerprint density at radius 3 is 2.55 bits per heavy atom. The Balaban J connectivity index is 2.12. The average molecular weight is 278 g/mol. The second kappa shape index (κ2) is 5.60. The largest absolute Gasteiger partial charge is 0.466 e. The highest BCUT2D eigenvalue weighted by Gasteiger charge is 2.44. The normalized spacial score (nSPS) is 24.1. The van der Waals surface area contributed by atoms with E-state index in [-0.39, 0.29) is 17.4 Å². The van der Waals surface area contributed by atoms with E-state index >= 15 is 0 Å². The Kier molecular flexibility index (Phi) is 4.23. The number of hydrogen-bond donors (Lipinski definition) is 2. The van der Waals surface area contributed by atoms with Crippen molar-refractivity contribution < 1.29 is 9.21 Å². The third-order valence-electron chi connectivity index (χ3n) is 4.64. The minimum Gasteiger partial charge on any atom is -0.466 e. The smallest absolute Gasteiger partial charge is 0.228 e. The molecule has 2 atom stereocenters. The lowest BCUT2D eigenvalue weighted by Crippen LogP contribution is -2.46. The molecule has 1 aliphatic heterocycles. The van der Waals surface area contributed by atoms with Crippen molar-refractivity contribution >= 4 is 5.91 Å². The van der Waals surface area contributed by atoms with Crippen molar-refractivity contribution in [3.63, 3.8) is 0 Å². The molecule has 1 aliphatic rings. The highest BCUT2D eigenvalue weighted by Crippen LogP contribution is 2.35. The zero-order valence-corrected chi connectivity index (χ0v) is 13.2. The minimum absolute atomic E-state index is 0.0174. The summed E-state index contributed by atoms with van der Waals surface area (Å²) in [6, 6.07) is 1.99. The zero-order chi connectivity index (χ0) is 14.9. The molecule has 1 fully saturated rings. The molecule has 0 aliphatic carbocycles. The summed E-state index contributed by atoms with van der Waals surface area (Å²) < 4.78 is 5.55. The summed E-state index contributed by atoms with van der Waals surface area (Å²) in [4.78, 5) is 12.7. The second-order valence-corrected chi connectivity index (χ2v) is 6.30. The maximum atomic E-state index is 12.7. The summed E-state index contributed by atoms with van der Waals surface area (Å²) in [7, 11) is 0. The molecular formula is C16H26N2O2. The van der Waals surface area contributed by atoms with Crippen LogP contribution in [-0.4, -0.2) is 19.0 Å². The van der Waals surface area contributed by atoms with Crippen LogP contribution < -0.4 is 10.6 Å². The fraction of sp³-hybridized carbons (Fsp3) is 0.688. The van der Waals surface area contributed by atoms with Gasteiger partial charge in [-0.3, -0.25) is 4.79 Å². The zero-order valence-electron chi connectivity index (χ0n) is 13.2. The number of rotatable bonds is 4. The minimum atomic E-state index is -0.277. The number of carbonyl (C=O) groups excluding carboxylic acids is 1. The molecule has 1 amide bonds. The van der Waals surface area contributed by atoms with Crippen LogP contribution in [0.3, 0.4) is 0 Å². The van der Waals surface area contributed by atoms with Crippen LogP contribution in [0.1, 0.15) is 50.3 Å². The summed E-state index contributed by atoms with van der Waals surface area (Å²) in [5.41, 5.74) is 0.793. The van der Waals surface area contributed by atoms with Gasteiger partial charge in [-0.1, -0.05) is 13.8 Å². The van der Waals surface area contributed by atoms with Crippen molar-refractivity contribution in [1.82, 2.24) is 10.6 Å². The molecule has 0 bridgehead atoms. The van der Waals surface area contributed by atoms with Crippen LogP contribution in [0.15, 0.2) is 10.5 Å². The van der Waals surface area contributed by atoms with E-state index < -0.39 is 0 Å². The van der Waals surface area contributed by atoms with Crippen molar-refractivity contribution in [2.75, 3.05) is 13.1 Å². The Morgan fingerprint density at radius 2 is 2.10 bits per heavy atom. The van der Waals surface area contributed by atoms with E-state index in [9.17, 15) is 4.79 Å². The molecule has 1 aromatic heterocycles. The number of furan rings is 1. The van der Waals surface area contributed by atoms with E-state index in [1.165, 1.54) is 0 Å². The quantitative estimate of drug-likeness (QED) is 0.890. The molecule has 2 N–H and O–H groups in total. The summed E-state index contributed by atoms with van der Waals surface area (Å²) in [6.07, 6.45) is 0.909. The van der Waals surface area contributed by atoms with Gasteiger partial charge in [-0.05, 0) is 45.7 Å². The SMILES string of the molecule is Cc1cc(C(C)NC(=O)C2(C(C)C)CCNC2)c(C)o1. The van der Waals surface area contributed by atoms with Crippen molar-refractivity contribution in [3.05, 3.63) is 23.2 Å². The Morgan fingerprint density at radius 1 is 1.40 bits per heavy atom. The maximum absolute atomic E-state index is 12.7. The van der Waals surface area contributed by atoms with E-state index in [0.29, 0.717) is 5.92 Å². The lowest BCUT2D eigenvalue weighted by Gasteiger charge is -2.32. The molecule has 1 aromatic rings. The highest BCUT2D eigenvalue weighted by atomic mass is 16.3. The van der Waals surface area contributed by atoms with Crippen molar-refractivity contribution in [1.29, 1.82) is 0 Å². The van der Waals surface area contributed by atoms with E-state index in [1.807, 2.05) is 26.8 Å². The topological polar surface area (TPSA) is 54.3 Å². The van der Waals surface area contributed by atoms with Gasteiger partial charge in [-0.2, -0.15) is 0 Å². The van der Waals surface area contributed by atoms with Crippen LogP contribution in [0.2, 0.25) is 0 Å². The van der Waals surface area contributed by atoms with Gasteiger partial charge in [0.1, 0.15) is 11.5 Å². The second-order valence-electron chi connectivity index (χ2n) is 6.30. The van der Waals surface area contributed by atoms with E-state index in [1.54, 1.807) is 0 Å². The van der Waals surface area contributed by atoms with Crippen molar-refractivity contribution in [3.8, 4) is 0 Å². The van der Waals surface area contributed by atoms with Gasteiger partial charge in [-0.25, -0.2) is 0 Å². The third-order valence-corrected chi connectivity index (χ3v) is 4.64. The molecule has 2 rings (SSSR count). The molecule has 2 heterocycles. The molecule has 1 saturated heterocycles. The van der Waals surface area contributed by atoms with Gasteiger partial charge in [0.15, 0.2) is 0 Å². The Bertz CT molecular complexity index is 485. The van der Waals surface area contributed by atoms with Gasteiger partial charge in [-0.15, -0.1) is 0 Å². The molecule has 112 valence electrons. The van der Waals surface area contributed by atoms with Gasteiger partial charge >= 0.3 is 0 Å². The van der Waals surface area contributed by atoms with Gasteiger partial charge < -0.3 is 15.1 Å². The number of amides is 1. The fourth-order valence-corrected chi connectivity index (χ4v) is 3.16. The first-order valence-corrected chi connectivity index (χ1v) is 7.45. The van der Waals surface area contributed by atoms with Crippen LogP contribution in [0, 0.1) is 25.2 Å². The summed E-state index contributed by atoms with van der Waals surface area (Å²) >= 11 is 0. The maximum Gasteiger partial charge on any atom is 0.228 e. The Hall–Kier alpha value is -1.29. The van der Waals surface area contributed by atoms with Crippen LogP contribution in [0.4, 0.5) is 0 Å². The monoisotopic (exact) mass is 278 g/mol. The van der Waals surface area contributed by atoms with Crippen LogP contribution >= 0.6 is 0 Å². The third kappa shape index (κ3) is 2.62. The molecule has 0 aromatic carbocycles. The van der Waals surface area contributed by atoms with Crippen molar-refractivity contribution in [2.24, 2.45) is 11.3 Å². The molecule has 20 heavy (non-hydrogen) atoms. The molecule has 0 radical (unpaired) electrons. The predicted octanol–water partition coefficient (Wildman–Crippen LogP) is 2.71. The standard InChI is InChI=1S/C16H26N2O2/c1-10(2)16(6-7-17-9-16)15(19)18-12(4)14-8-11(3)20-13(14)5/h8,10,12,17H,6-7,9H2,1-5H3,(H,18,19). The summed E-state index contributed by atoms with van der Waals surface area (Å²) in [5, 5.41) is 6.50. The van der Waals surface area contributed by atoms with Gasteiger partial charge in [0.25, 0.3) is 0 Å². The summed E-state index contributed by atoms with van der Waals surface area (Å²) in [6.45, 7) is 11.8. The molecule has 4 heteroatoms. The molecule has 0 spiro atoms. The lowest BCUT2D eigenvalue weighted by atomic mass is 9.75. The number of aryl methyl sites for hydroxylation is 2. The highest BCUT2D eigenvalue weighted by molar-refractivity contribution is 5.84. The molecule has 0 saturated carbocycles. The predicted molar refractivity (Wildman–Crippen MR) is 79.5 cm³/mol. The first-order valence-electron chi connectivity index (χ1n) is 7.45. The average Bonchev–Trinajstić information content (AvgIpc) is 2.96. The molecule has 2 unspecified atom stereocenters. The van der Waals surface area contributed by atoms with E-state index in [2.05, 4.69) is 24.5 Å². The van der Waals surface area contributed by atoms with Crippen LogP contribution in [0.5, 0.6) is 0 Å². The number of nitrogens with one attached hydrogen (secondary N) is 2. The number of hydrogen-bond acceptors (Lipinski definition) is 3.